The van der Waals surface area contributed by atoms with Crippen molar-refractivity contribution in [3.8, 4) is 0 Å². The molecule has 0 bridgehead atoms. The molecule has 0 saturated carbocycles. The first-order valence-corrected chi connectivity index (χ1v) is 10.4. The number of halogens is 1. The van der Waals surface area contributed by atoms with Gasteiger partial charge in [0.2, 0.25) is 0 Å². The predicted octanol–water partition coefficient (Wildman–Crippen LogP) is 2.54. The van der Waals surface area contributed by atoms with Crippen LogP contribution in [0.4, 0.5) is 9.18 Å². The number of nitrogens with zero attached hydrogens (tertiary/aromatic N) is 4. The van der Waals surface area contributed by atoms with Gasteiger partial charge in [-0.15, -0.1) is 0 Å². The van der Waals surface area contributed by atoms with Gasteiger partial charge in [-0.2, -0.15) is 0 Å². The van der Waals surface area contributed by atoms with Crippen molar-refractivity contribution in [2.45, 2.75) is 25.8 Å². The molecule has 1 aromatic carbocycles. The number of hydrogen-bond donors (Lipinski definition) is 2. The monoisotopic (exact) mass is 410 g/mol. The van der Waals surface area contributed by atoms with E-state index in [9.17, 15) is 9.18 Å². The number of carbonyl (C=O) groups excluding carboxylic acids is 1. The molecular weight excluding hydrogens is 383 g/mol. The minimum Gasteiger partial charge on any atom is -0.352 e. The van der Waals surface area contributed by atoms with Crippen molar-refractivity contribution in [3.05, 3.63) is 59.8 Å². The van der Waals surface area contributed by atoms with Crippen LogP contribution < -0.4 is 11.1 Å². The third kappa shape index (κ3) is 4.94. The fourth-order valence-corrected chi connectivity index (χ4v) is 4.11. The maximum Gasteiger partial charge on any atom is 0.312 e. The van der Waals surface area contributed by atoms with Gasteiger partial charge in [0.05, 0.1) is 6.54 Å². The van der Waals surface area contributed by atoms with E-state index >= 15 is 0 Å². The van der Waals surface area contributed by atoms with Crippen LogP contribution in [-0.2, 0) is 13.0 Å². The fraction of sp³-hybridized carbons (Fsp3) is 0.409. The maximum atomic E-state index is 13.3. The Morgan fingerprint density at radius 2 is 1.97 bits per heavy atom. The van der Waals surface area contributed by atoms with Crippen LogP contribution in [0.3, 0.4) is 0 Å². The summed E-state index contributed by atoms with van der Waals surface area (Å²) in [4.78, 5) is 22.6. The molecule has 0 aliphatic carbocycles. The summed E-state index contributed by atoms with van der Waals surface area (Å²) in [6.45, 7) is 4.03. The molecule has 3 aromatic rings. The smallest absolute Gasteiger partial charge is 0.312 e. The van der Waals surface area contributed by atoms with Crippen molar-refractivity contribution in [2.24, 2.45) is 11.7 Å². The van der Waals surface area contributed by atoms with E-state index in [4.69, 9.17) is 10.7 Å². The van der Waals surface area contributed by atoms with E-state index in [2.05, 4.69) is 19.8 Å². The van der Waals surface area contributed by atoms with E-state index in [-0.39, 0.29) is 5.82 Å². The maximum absolute atomic E-state index is 13.3. The van der Waals surface area contributed by atoms with Crippen LogP contribution in [0, 0.1) is 11.7 Å². The largest absolute Gasteiger partial charge is 0.352 e. The lowest BCUT2D eigenvalue weighted by Crippen LogP contribution is -2.41. The van der Waals surface area contributed by atoms with Crippen molar-refractivity contribution in [2.75, 3.05) is 26.2 Å². The molecule has 2 aromatic heterocycles. The quantitative estimate of drug-likeness (QED) is 0.626. The van der Waals surface area contributed by atoms with Gasteiger partial charge in [-0.3, -0.25) is 0 Å². The number of fused-ring (bicyclic) bond motifs is 1. The van der Waals surface area contributed by atoms with Crippen LogP contribution in [0.1, 0.15) is 24.2 Å². The van der Waals surface area contributed by atoms with E-state index in [0.717, 1.165) is 61.4 Å². The average molecular weight is 410 g/mol. The van der Waals surface area contributed by atoms with Crippen LogP contribution >= 0.6 is 0 Å². The molecule has 8 heteroatoms. The molecule has 158 valence electrons. The van der Waals surface area contributed by atoms with Gasteiger partial charge in [0.1, 0.15) is 17.2 Å². The van der Waals surface area contributed by atoms with E-state index in [0.29, 0.717) is 19.0 Å². The Bertz CT molecular complexity index is 995. The van der Waals surface area contributed by atoms with E-state index in [1.165, 1.54) is 12.1 Å². The third-order valence-electron chi connectivity index (χ3n) is 5.74. The summed E-state index contributed by atoms with van der Waals surface area (Å²) in [6.07, 6.45) is 4.85. The molecule has 0 radical (unpaired) electrons. The Labute approximate surface area is 175 Å². The van der Waals surface area contributed by atoms with Crippen LogP contribution in [0.2, 0.25) is 0 Å². The van der Waals surface area contributed by atoms with Gasteiger partial charge in [0.15, 0.2) is 5.65 Å². The molecule has 3 heterocycles. The number of aromatic nitrogens is 3. The molecule has 0 atom stereocenters. The second-order valence-corrected chi connectivity index (χ2v) is 7.87. The Kier molecular flexibility index (Phi) is 6.23. The average Bonchev–Trinajstić information content (AvgIpc) is 3.08. The highest BCUT2D eigenvalue weighted by Gasteiger charge is 2.22. The van der Waals surface area contributed by atoms with Crippen LogP contribution in [-0.4, -0.2) is 51.6 Å². The molecule has 30 heavy (non-hydrogen) atoms. The molecule has 2 amide bonds. The SMILES string of the molecule is NC(=O)NCCN1CCC(Cc2nc3cccnc3n2Cc2ccc(F)cc2)CC1. The topological polar surface area (TPSA) is 89.1 Å². The summed E-state index contributed by atoms with van der Waals surface area (Å²) in [5.41, 5.74) is 7.91. The van der Waals surface area contributed by atoms with Gasteiger partial charge in [0.25, 0.3) is 0 Å². The second kappa shape index (κ2) is 9.21. The van der Waals surface area contributed by atoms with Crippen molar-refractivity contribution in [1.29, 1.82) is 0 Å². The van der Waals surface area contributed by atoms with Crippen molar-refractivity contribution >= 4 is 17.2 Å². The fourth-order valence-electron chi connectivity index (χ4n) is 4.11. The summed E-state index contributed by atoms with van der Waals surface area (Å²) in [5, 5.41) is 2.65. The highest BCUT2D eigenvalue weighted by atomic mass is 19.1. The van der Waals surface area contributed by atoms with Crippen LogP contribution in [0.15, 0.2) is 42.6 Å². The number of nitrogens with two attached hydrogens (primary N) is 1. The first-order chi connectivity index (χ1) is 14.6. The van der Waals surface area contributed by atoms with Gasteiger partial charge >= 0.3 is 6.03 Å². The molecule has 0 unspecified atom stereocenters. The van der Waals surface area contributed by atoms with E-state index in [1.807, 2.05) is 24.3 Å². The number of imidazole rings is 1. The van der Waals surface area contributed by atoms with Gasteiger partial charge in [-0.05, 0) is 61.7 Å². The Morgan fingerprint density at radius 1 is 1.20 bits per heavy atom. The zero-order valence-electron chi connectivity index (χ0n) is 16.9. The lowest BCUT2D eigenvalue weighted by atomic mass is 9.93. The minimum absolute atomic E-state index is 0.231. The standard InChI is InChI=1S/C22H27FN6O/c23-18-5-3-17(4-6-18)15-29-20(27-19-2-1-9-25-21(19)29)14-16-7-11-28(12-8-16)13-10-26-22(24)30/h1-6,9,16H,7-8,10-15H2,(H3,24,26,30). The van der Waals surface area contributed by atoms with Crippen molar-refractivity contribution < 1.29 is 9.18 Å². The number of primary amides is 1. The van der Waals surface area contributed by atoms with Crippen molar-refractivity contribution in [3.63, 3.8) is 0 Å². The summed E-state index contributed by atoms with van der Waals surface area (Å²) < 4.78 is 15.5. The Balaban J connectivity index is 1.44. The van der Waals surface area contributed by atoms with E-state index in [1.54, 1.807) is 6.20 Å². The van der Waals surface area contributed by atoms with Gasteiger partial charge < -0.3 is 20.5 Å². The molecule has 1 saturated heterocycles. The molecule has 7 nitrogen and oxygen atoms in total. The number of nitrogens with one attached hydrogen (secondary N) is 1. The number of amides is 2. The van der Waals surface area contributed by atoms with Gasteiger partial charge in [0, 0.05) is 25.7 Å². The predicted molar refractivity (Wildman–Crippen MR) is 113 cm³/mol. The van der Waals surface area contributed by atoms with Crippen LogP contribution in [0.5, 0.6) is 0 Å². The van der Waals surface area contributed by atoms with Gasteiger partial charge in [-0.1, -0.05) is 12.1 Å². The summed E-state index contributed by atoms with van der Waals surface area (Å²) in [5.74, 6) is 1.35. The normalized spacial score (nSPS) is 15.5. The number of rotatable bonds is 7. The summed E-state index contributed by atoms with van der Waals surface area (Å²) in [6, 6.07) is 10.0. The molecular formula is C22H27FN6O. The molecule has 3 N–H and O–H groups in total. The zero-order valence-corrected chi connectivity index (χ0v) is 16.9. The first-order valence-electron chi connectivity index (χ1n) is 10.4. The van der Waals surface area contributed by atoms with Gasteiger partial charge in [-0.25, -0.2) is 19.2 Å². The van der Waals surface area contributed by atoms with E-state index < -0.39 is 6.03 Å². The Morgan fingerprint density at radius 3 is 2.70 bits per heavy atom. The second-order valence-electron chi connectivity index (χ2n) is 7.87. The number of hydrogen-bond acceptors (Lipinski definition) is 4. The number of benzene rings is 1. The minimum atomic E-state index is -0.474. The van der Waals surface area contributed by atoms with Crippen LogP contribution in [0.25, 0.3) is 11.2 Å². The molecule has 1 aliphatic heterocycles. The summed E-state index contributed by atoms with van der Waals surface area (Å²) in [7, 11) is 0. The lowest BCUT2D eigenvalue weighted by Gasteiger charge is -2.31. The number of carbonyl (C=O) groups is 1. The Hall–Kier alpha value is -3.00. The van der Waals surface area contributed by atoms with Crippen molar-refractivity contribution in [1.82, 2.24) is 24.8 Å². The summed E-state index contributed by atoms with van der Waals surface area (Å²) >= 11 is 0. The molecule has 1 aliphatic rings. The lowest BCUT2D eigenvalue weighted by molar-refractivity contribution is 0.183. The number of pyridine rings is 1. The molecule has 4 rings (SSSR count). The number of urea groups is 1. The molecule has 1 fully saturated rings. The highest BCUT2D eigenvalue weighted by Crippen LogP contribution is 2.24. The first kappa shape index (κ1) is 20.3. The zero-order chi connectivity index (χ0) is 20.9. The highest BCUT2D eigenvalue weighted by molar-refractivity contribution is 5.71. The third-order valence-corrected chi connectivity index (χ3v) is 5.74. The number of likely N-dealkylation sites (tertiary alicyclic amines) is 1. The number of piperidine rings is 1. The molecule has 0 spiro atoms.